The van der Waals surface area contributed by atoms with Gasteiger partial charge in [0.25, 0.3) is 5.56 Å². The lowest BCUT2D eigenvalue weighted by molar-refractivity contribution is -0.132. The van der Waals surface area contributed by atoms with Gasteiger partial charge in [-0.15, -0.1) is 0 Å². The molecule has 1 atom stereocenters. The standard InChI is InChI=1S/C21H26ClN3O4S/c1-3-24(4-2)30(28,29)18-11-12-20(26)23(14-18)15-21(27)25-13-5-6-19(25)16-7-9-17(22)10-8-16/h7-12,14,19H,3-6,13,15H2,1-2H3. The first-order valence-electron chi connectivity index (χ1n) is 10.0. The van der Waals surface area contributed by atoms with E-state index in [4.69, 9.17) is 11.6 Å². The van der Waals surface area contributed by atoms with Gasteiger partial charge in [-0.3, -0.25) is 9.59 Å². The topological polar surface area (TPSA) is 79.7 Å². The van der Waals surface area contributed by atoms with E-state index in [1.807, 2.05) is 12.1 Å². The summed E-state index contributed by atoms with van der Waals surface area (Å²) in [5.41, 5.74) is 0.583. The number of hydrogen-bond donors (Lipinski definition) is 0. The van der Waals surface area contributed by atoms with E-state index in [9.17, 15) is 18.0 Å². The van der Waals surface area contributed by atoms with Gasteiger partial charge < -0.3 is 9.47 Å². The van der Waals surface area contributed by atoms with Gasteiger partial charge in [-0.25, -0.2) is 8.42 Å². The van der Waals surface area contributed by atoms with Crippen molar-refractivity contribution in [3.8, 4) is 0 Å². The third-order valence-electron chi connectivity index (χ3n) is 5.43. The van der Waals surface area contributed by atoms with Crippen LogP contribution in [0.1, 0.15) is 38.3 Å². The molecule has 0 bridgehead atoms. The predicted octanol–water partition coefficient (Wildman–Crippen LogP) is 2.90. The maximum atomic E-state index is 13.0. The molecule has 1 fully saturated rings. The van der Waals surface area contributed by atoms with Crippen LogP contribution in [0.15, 0.2) is 52.3 Å². The van der Waals surface area contributed by atoms with Gasteiger partial charge >= 0.3 is 0 Å². The van der Waals surface area contributed by atoms with Gasteiger partial charge in [0.05, 0.1) is 10.9 Å². The SMILES string of the molecule is CCN(CC)S(=O)(=O)c1ccc(=O)n(CC(=O)N2CCCC2c2ccc(Cl)cc2)c1. The van der Waals surface area contributed by atoms with E-state index in [0.29, 0.717) is 24.7 Å². The Morgan fingerprint density at radius 2 is 1.80 bits per heavy atom. The number of benzene rings is 1. The third kappa shape index (κ3) is 4.61. The molecule has 1 aliphatic rings. The van der Waals surface area contributed by atoms with Crippen LogP contribution in [0.2, 0.25) is 5.02 Å². The van der Waals surface area contributed by atoms with Gasteiger partial charge in [-0.1, -0.05) is 37.6 Å². The van der Waals surface area contributed by atoms with Gasteiger partial charge in [0.2, 0.25) is 15.9 Å². The van der Waals surface area contributed by atoms with Crippen molar-refractivity contribution in [1.29, 1.82) is 0 Å². The van der Waals surface area contributed by atoms with E-state index in [0.717, 1.165) is 18.4 Å². The molecule has 0 spiro atoms. The number of nitrogens with zero attached hydrogens (tertiary/aromatic N) is 3. The van der Waals surface area contributed by atoms with Crippen molar-refractivity contribution < 1.29 is 13.2 Å². The summed E-state index contributed by atoms with van der Waals surface area (Å²) in [4.78, 5) is 27.1. The van der Waals surface area contributed by atoms with Crippen molar-refractivity contribution in [2.75, 3.05) is 19.6 Å². The number of amides is 1. The van der Waals surface area contributed by atoms with Crippen LogP contribution in [0.4, 0.5) is 0 Å². The number of pyridine rings is 1. The van der Waals surface area contributed by atoms with Gasteiger partial charge in [0.15, 0.2) is 0 Å². The molecular formula is C21H26ClN3O4S. The highest BCUT2D eigenvalue weighted by Crippen LogP contribution is 2.32. The van der Waals surface area contributed by atoms with Crippen molar-refractivity contribution >= 4 is 27.5 Å². The molecule has 0 radical (unpaired) electrons. The summed E-state index contributed by atoms with van der Waals surface area (Å²) in [6.45, 7) is 4.56. The molecule has 2 aromatic rings. The lowest BCUT2D eigenvalue weighted by atomic mass is 10.0. The van der Waals surface area contributed by atoms with Crippen LogP contribution in [-0.2, 0) is 21.4 Å². The van der Waals surface area contributed by atoms with Gasteiger partial charge in [-0.05, 0) is 36.6 Å². The quantitative estimate of drug-likeness (QED) is 0.648. The van der Waals surface area contributed by atoms with Crippen molar-refractivity contribution in [3.05, 3.63) is 63.5 Å². The summed E-state index contributed by atoms with van der Waals surface area (Å²) >= 11 is 5.97. The van der Waals surface area contributed by atoms with E-state index < -0.39 is 15.6 Å². The first-order chi connectivity index (χ1) is 14.3. The molecule has 1 amide bonds. The molecule has 0 aliphatic carbocycles. The minimum atomic E-state index is -3.72. The van der Waals surface area contributed by atoms with Crippen LogP contribution < -0.4 is 5.56 Å². The molecular weight excluding hydrogens is 426 g/mol. The summed E-state index contributed by atoms with van der Waals surface area (Å²) in [5, 5.41) is 0.632. The summed E-state index contributed by atoms with van der Waals surface area (Å²) < 4.78 is 28.0. The molecule has 1 aromatic heterocycles. The molecule has 9 heteroatoms. The van der Waals surface area contributed by atoms with Crippen molar-refractivity contribution in [1.82, 2.24) is 13.8 Å². The van der Waals surface area contributed by atoms with Crippen LogP contribution in [0.25, 0.3) is 0 Å². The second-order valence-corrected chi connectivity index (χ2v) is 9.59. The summed E-state index contributed by atoms with van der Waals surface area (Å²) in [6, 6.07) is 9.82. The molecule has 3 rings (SSSR count). The second-order valence-electron chi connectivity index (χ2n) is 7.22. The fourth-order valence-corrected chi connectivity index (χ4v) is 5.44. The van der Waals surface area contributed by atoms with Crippen molar-refractivity contribution in [2.45, 2.75) is 44.2 Å². The molecule has 0 saturated carbocycles. The van der Waals surface area contributed by atoms with E-state index in [1.165, 1.54) is 27.2 Å². The fraction of sp³-hybridized carbons (Fsp3) is 0.429. The number of halogens is 1. The lowest BCUT2D eigenvalue weighted by Gasteiger charge is -2.26. The highest BCUT2D eigenvalue weighted by molar-refractivity contribution is 7.89. The van der Waals surface area contributed by atoms with E-state index in [1.54, 1.807) is 30.9 Å². The van der Waals surface area contributed by atoms with E-state index >= 15 is 0 Å². The number of rotatable bonds is 7. The average molecular weight is 452 g/mol. The highest BCUT2D eigenvalue weighted by atomic mass is 35.5. The average Bonchev–Trinajstić information content (AvgIpc) is 3.21. The maximum absolute atomic E-state index is 13.0. The van der Waals surface area contributed by atoms with Crippen LogP contribution in [0.5, 0.6) is 0 Å². The molecule has 7 nitrogen and oxygen atoms in total. The Hall–Kier alpha value is -2.16. The van der Waals surface area contributed by atoms with Gasteiger partial charge in [0.1, 0.15) is 6.54 Å². The first kappa shape index (κ1) is 22.5. The molecule has 1 unspecified atom stereocenters. The zero-order valence-corrected chi connectivity index (χ0v) is 18.7. The number of sulfonamides is 1. The predicted molar refractivity (Wildman–Crippen MR) is 116 cm³/mol. The summed E-state index contributed by atoms with van der Waals surface area (Å²) in [5.74, 6) is -0.216. The molecule has 1 aliphatic heterocycles. The number of likely N-dealkylation sites (tertiary alicyclic amines) is 1. The van der Waals surface area contributed by atoms with Crippen LogP contribution >= 0.6 is 11.6 Å². The Kier molecular flexibility index (Phi) is 7.00. The third-order valence-corrected chi connectivity index (χ3v) is 7.72. The van der Waals surface area contributed by atoms with E-state index in [-0.39, 0.29) is 23.4 Å². The van der Waals surface area contributed by atoms with Crippen LogP contribution in [-0.4, -0.2) is 47.7 Å². The number of carbonyl (C=O) groups excluding carboxylic acids is 1. The summed E-state index contributed by atoms with van der Waals surface area (Å²) in [7, 11) is -3.72. The molecule has 30 heavy (non-hydrogen) atoms. The number of carbonyl (C=O) groups is 1. The number of hydrogen-bond acceptors (Lipinski definition) is 4. The Labute approximate surface area is 181 Å². The smallest absolute Gasteiger partial charge is 0.251 e. The Bertz CT molecular complexity index is 1060. The lowest BCUT2D eigenvalue weighted by Crippen LogP contribution is -2.36. The zero-order chi connectivity index (χ0) is 21.9. The Morgan fingerprint density at radius 1 is 1.13 bits per heavy atom. The highest BCUT2D eigenvalue weighted by Gasteiger charge is 2.30. The molecule has 0 N–H and O–H groups in total. The van der Waals surface area contributed by atoms with Crippen molar-refractivity contribution in [2.24, 2.45) is 0 Å². The van der Waals surface area contributed by atoms with Crippen LogP contribution in [0.3, 0.4) is 0 Å². The minimum Gasteiger partial charge on any atom is -0.334 e. The summed E-state index contributed by atoms with van der Waals surface area (Å²) in [6.07, 6.45) is 2.96. The minimum absolute atomic E-state index is 0.00859. The van der Waals surface area contributed by atoms with E-state index in [2.05, 4.69) is 0 Å². The normalized spacial score (nSPS) is 16.9. The molecule has 1 aromatic carbocycles. The number of aromatic nitrogens is 1. The maximum Gasteiger partial charge on any atom is 0.251 e. The van der Waals surface area contributed by atoms with Gasteiger partial charge in [-0.2, -0.15) is 4.31 Å². The first-order valence-corrected chi connectivity index (χ1v) is 11.8. The fourth-order valence-electron chi connectivity index (χ4n) is 3.83. The van der Waals surface area contributed by atoms with Gasteiger partial charge in [0, 0.05) is 36.9 Å². The largest absolute Gasteiger partial charge is 0.334 e. The zero-order valence-electron chi connectivity index (χ0n) is 17.1. The Balaban J connectivity index is 1.84. The second kappa shape index (κ2) is 9.32. The van der Waals surface area contributed by atoms with Crippen molar-refractivity contribution in [3.63, 3.8) is 0 Å². The molecule has 2 heterocycles. The molecule has 1 saturated heterocycles. The Morgan fingerprint density at radius 3 is 2.43 bits per heavy atom. The monoisotopic (exact) mass is 451 g/mol. The molecule has 162 valence electrons. The van der Waals surface area contributed by atoms with Crippen LogP contribution in [0, 0.1) is 0 Å².